The topological polar surface area (TPSA) is 113 Å². The summed E-state index contributed by atoms with van der Waals surface area (Å²) in [5, 5.41) is 30.7. The van der Waals surface area contributed by atoms with Crippen molar-refractivity contribution >= 4 is 81.4 Å². The average Bonchev–Trinajstić information content (AvgIpc) is 3.80. The first-order valence-corrected chi connectivity index (χ1v) is 16.4. The number of aromatic nitrogens is 1. The minimum atomic E-state index is -1.08. The average molecular weight is 671 g/mol. The minimum Gasteiger partial charge on any atom is -0.550 e. The molecule has 1 saturated carbocycles. The van der Waals surface area contributed by atoms with Gasteiger partial charge in [0.05, 0.1) is 16.8 Å². The Kier molecular flexibility index (Phi) is 16.3. The molecule has 238 valence electrons. The number of pyridine rings is 1. The maximum Gasteiger partial charge on any atom is 2.00 e. The van der Waals surface area contributed by atoms with Crippen molar-refractivity contribution in [1.82, 2.24) is 4.98 Å². The van der Waals surface area contributed by atoms with Gasteiger partial charge < -0.3 is 24.9 Å². The quantitative estimate of drug-likeness (QED) is 0.199. The zero-order valence-electron chi connectivity index (χ0n) is 26.9. The third kappa shape index (κ3) is 14.3. The van der Waals surface area contributed by atoms with E-state index >= 15 is 0 Å². The van der Waals surface area contributed by atoms with E-state index < -0.39 is 17.5 Å². The number of aliphatic hydroxyl groups is 1. The van der Waals surface area contributed by atoms with Crippen LogP contribution in [0.1, 0.15) is 80.2 Å². The number of aliphatic carboxylic acids is 2. The van der Waals surface area contributed by atoms with Gasteiger partial charge in [-0.3, -0.25) is 0 Å². The van der Waals surface area contributed by atoms with E-state index in [0.29, 0.717) is 10.3 Å². The summed E-state index contributed by atoms with van der Waals surface area (Å²) in [5.41, 5.74) is 5.81. The molecule has 3 aromatic carbocycles. The van der Waals surface area contributed by atoms with Gasteiger partial charge in [-0.15, -0.1) is 0 Å². The Hall–Kier alpha value is -2.88. The normalized spacial score (nSPS) is 13.1. The first-order chi connectivity index (χ1) is 21.3. The number of carboxylic acids is 2. The Morgan fingerprint density at radius 1 is 0.978 bits per heavy atom. The van der Waals surface area contributed by atoms with Gasteiger partial charge in [0.25, 0.3) is 0 Å². The third-order valence-electron chi connectivity index (χ3n) is 6.99. The van der Waals surface area contributed by atoms with Crippen LogP contribution in [0.2, 0.25) is 5.02 Å². The fraction of sp³-hybridized carbons (Fsp3) is 0.324. The van der Waals surface area contributed by atoms with Crippen molar-refractivity contribution in [2.24, 2.45) is 5.92 Å². The van der Waals surface area contributed by atoms with Crippen LogP contribution in [0.15, 0.2) is 78.9 Å². The number of halogens is 1. The summed E-state index contributed by atoms with van der Waals surface area (Å²) in [6.07, 6.45) is 8.96. The summed E-state index contributed by atoms with van der Waals surface area (Å²) in [7, 11) is 0. The van der Waals surface area contributed by atoms with Crippen LogP contribution in [0, 0.1) is 5.92 Å². The van der Waals surface area contributed by atoms with E-state index in [1.165, 1.54) is 35.3 Å². The molecule has 1 atom stereocenters. The van der Waals surface area contributed by atoms with Crippen LogP contribution in [0.5, 0.6) is 0 Å². The molecule has 0 bridgehead atoms. The second-order valence-electron chi connectivity index (χ2n) is 11.6. The zero-order chi connectivity index (χ0) is 33.0. The van der Waals surface area contributed by atoms with Crippen LogP contribution in [0.25, 0.3) is 23.1 Å². The first kappa shape index (κ1) is 39.3. The van der Waals surface area contributed by atoms with E-state index in [2.05, 4.69) is 72.4 Å². The summed E-state index contributed by atoms with van der Waals surface area (Å²) in [6, 6.07) is 27.2. The van der Waals surface area contributed by atoms with Gasteiger partial charge in [-0.2, -0.15) is 11.8 Å². The SMILES string of the molecule is CC(=O)[O-].CC(=O)[O-].CC(C)(O)c1ccccc1CC[C@@H](SCC1CC1)c1cccc(C=Cc2ccc3ccc(Cl)cc3n2)c1.[Mg+2]. The third-order valence-corrected chi connectivity index (χ3v) is 8.80. The van der Waals surface area contributed by atoms with Crippen LogP contribution in [0.4, 0.5) is 0 Å². The summed E-state index contributed by atoms with van der Waals surface area (Å²) in [6.45, 7) is 5.69. The number of nitrogens with zero attached hydrogens (tertiary/aromatic N) is 1. The number of thioether (sulfide) groups is 1. The summed E-state index contributed by atoms with van der Waals surface area (Å²) in [4.78, 5) is 22.5. The number of rotatable bonds is 10. The number of hydrogen-bond acceptors (Lipinski definition) is 7. The van der Waals surface area contributed by atoms with Gasteiger partial charge in [0, 0.05) is 27.6 Å². The van der Waals surface area contributed by atoms with Gasteiger partial charge in [0.2, 0.25) is 0 Å². The molecule has 1 aliphatic carbocycles. The Balaban J connectivity index is 0.000000736. The fourth-order valence-electron chi connectivity index (χ4n) is 4.75. The Labute approximate surface area is 297 Å². The van der Waals surface area contributed by atoms with E-state index in [1.807, 2.05) is 44.2 Å². The van der Waals surface area contributed by atoms with Gasteiger partial charge in [-0.05, 0) is 112 Å². The standard InChI is InChI=1S/C33H34ClNOS.2C2H4O2.Mg/c1-33(2,36)30-9-4-3-7-25(30)15-19-32(37-22-24-10-11-24)27-8-5-6-23(20-27)12-17-29-18-14-26-13-16-28(34)21-31(26)35-29;2*1-2(3)4;/h3-9,12-14,16-18,20-21,24,32,36H,10-11,15,19,22H2,1-2H3;2*1H3,(H,3,4);/q;;;+2/p-2/t32-;;;/m1.../s1. The Morgan fingerprint density at radius 3 is 2.28 bits per heavy atom. The molecule has 1 aromatic heterocycles. The monoisotopic (exact) mass is 669 g/mol. The largest absolute Gasteiger partial charge is 2.00 e. The number of carbonyl (C=O) groups excluding carboxylic acids is 2. The molecule has 0 radical (unpaired) electrons. The summed E-state index contributed by atoms with van der Waals surface area (Å²) < 4.78 is 0. The first-order valence-electron chi connectivity index (χ1n) is 14.9. The van der Waals surface area contributed by atoms with Crippen molar-refractivity contribution in [3.63, 3.8) is 0 Å². The van der Waals surface area contributed by atoms with Gasteiger partial charge in [0.15, 0.2) is 0 Å². The van der Waals surface area contributed by atoms with Crippen LogP contribution in [-0.4, -0.2) is 50.8 Å². The summed E-state index contributed by atoms with van der Waals surface area (Å²) in [5.74, 6) is -0.0618. The number of carboxylic acid groups (broad SMARTS) is 2. The van der Waals surface area contributed by atoms with E-state index in [1.54, 1.807) is 0 Å². The Morgan fingerprint density at radius 2 is 1.63 bits per heavy atom. The van der Waals surface area contributed by atoms with E-state index in [4.69, 9.17) is 36.4 Å². The smallest absolute Gasteiger partial charge is 0.550 e. The molecule has 0 aliphatic heterocycles. The van der Waals surface area contributed by atoms with Gasteiger partial charge >= 0.3 is 23.1 Å². The minimum absolute atomic E-state index is 0. The van der Waals surface area contributed by atoms with Gasteiger partial charge in [0.1, 0.15) is 0 Å². The van der Waals surface area contributed by atoms with Crippen molar-refractivity contribution in [1.29, 1.82) is 0 Å². The molecule has 46 heavy (non-hydrogen) atoms. The second-order valence-corrected chi connectivity index (χ2v) is 13.3. The molecule has 0 spiro atoms. The van der Waals surface area contributed by atoms with E-state index in [9.17, 15) is 5.11 Å². The molecular weight excluding hydrogens is 630 g/mol. The van der Waals surface area contributed by atoms with Crippen molar-refractivity contribution in [3.8, 4) is 0 Å². The van der Waals surface area contributed by atoms with E-state index in [-0.39, 0.29) is 23.1 Å². The molecule has 1 N–H and O–H groups in total. The predicted octanol–water partition coefficient (Wildman–Crippen LogP) is 6.23. The molecule has 6 nitrogen and oxygen atoms in total. The summed E-state index contributed by atoms with van der Waals surface area (Å²) >= 11 is 8.26. The number of fused-ring (bicyclic) bond motifs is 1. The molecule has 5 rings (SSSR count). The van der Waals surface area contributed by atoms with Crippen LogP contribution in [0.3, 0.4) is 0 Å². The number of aryl methyl sites for hydroxylation is 1. The predicted molar refractivity (Wildman–Crippen MR) is 187 cm³/mol. The molecule has 1 fully saturated rings. The van der Waals surface area contributed by atoms with Crippen molar-refractivity contribution in [3.05, 3.63) is 112 Å². The molecule has 1 aliphatic rings. The van der Waals surface area contributed by atoms with Crippen LogP contribution < -0.4 is 10.2 Å². The van der Waals surface area contributed by atoms with E-state index in [0.717, 1.165) is 54.8 Å². The van der Waals surface area contributed by atoms with Crippen molar-refractivity contribution in [2.75, 3.05) is 5.75 Å². The maximum absolute atomic E-state index is 10.7. The van der Waals surface area contributed by atoms with Crippen molar-refractivity contribution in [2.45, 2.75) is 64.2 Å². The molecular formula is C37H40ClMgNO5S. The molecule has 0 saturated heterocycles. The molecule has 9 heteroatoms. The second kappa shape index (κ2) is 19.1. The van der Waals surface area contributed by atoms with Crippen molar-refractivity contribution < 1.29 is 24.9 Å². The number of benzene rings is 3. The van der Waals surface area contributed by atoms with Crippen LogP contribution >= 0.6 is 23.4 Å². The molecule has 0 unspecified atom stereocenters. The van der Waals surface area contributed by atoms with Gasteiger partial charge in [-0.25, -0.2) is 4.98 Å². The number of hydrogen-bond donors (Lipinski definition) is 1. The molecule has 0 amide bonds. The van der Waals surface area contributed by atoms with Crippen LogP contribution in [-0.2, 0) is 21.6 Å². The van der Waals surface area contributed by atoms with Gasteiger partial charge in [-0.1, -0.05) is 78.3 Å². The fourth-order valence-corrected chi connectivity index (χ4v) is 6.38. The molecule has 4 aromatic rings. The maximum atomic E-state index is 10.7. The zero-order valence-corrected chi connectivity index (χ0v) is 29.9. The number of carbonyl (C=O) groups is 2. The Bertz CT molecular complexity index is 1600. The molecule has 1 heterocycles.